The molecule has 1 unspecified atom stereocenters. The van der Waals surface area contributed by atoms with Crippen molar-refractivity contribution in [2.24, 2.45) is 12.1 Å². The zero-order valence-electron chi connectivity index (χ0n) is 14.5. The fourth-order valence-corrected chi connectivity index (χ4v) is 3.48. The molecule has 3 heterocycles. The molecule has 1 fully saturated rings. The van der Waals surface area contributed by atoms with Gasteiger partial charge in [-0.2, -0.15) is 10.2 Å². The van der Waals surface area contributed by atoms with Gasteiger partial charge in [-0.15, -0.1) is 0 Å². The molecule has 6 nitrogen and oxygen atoms in total. The average Bonchev–Trinajstić information content (AvgIpc) is 3.21. The summed E-state index contributed by atoms with van der Waals surface area (Å²) in [6.07, 6.45) is 4.61. The van der Waals surface area contributed by atoms with E-state index in [0.717, 1.165) is 36.3 Å². The van der Waals surface area contributed by atoms with Crippen LogP contribution in [0.5, 0.6) is 0 Å². The summed E-state index contributed by atoms with van der Waals surface area (Å²) in [6.45, 7) is 2.74. The average molecular weight is 343 g/mol. The van der Waals surface area contributed by atoms with Crippen molar-refractivity contribution in [3.8, 4) is 0 Å². The molecule has 2 aliphatic rings. The molecule has 2 aliphatic heterocycles. The van der Waals surface area contributed by atoms with Crippen LogP contribution < -0.4 is 4.90 Å². The molecular formula is C18H22FN5O. The zero-order chi connectivity index (χ0) is 17.4. The quantitative estimate of drug-likeness (QED) is 0.857. The first-order chi connectivity index (χ1) is 12.1. The first-order valence-corrected chi connectivity index (χ1v) is 8.53. The number of hydrogen-bond acceptors (Lipinski definition) is 5. The molecule has 0 bridgehead atoms. The minimum Gasteiger partial charge on any atom is -0.378 e. The lowest BCUT2D eigenvalue weighted by Gasteiger charge is -2.29. The van der Waals surface area contributed by atoms with Crippen molar-refractivity contribution in [2.75, 3.05) is 38.3 Å². The third-order valence-electron chi connectivity index (χ3n) is 4.86. The number of ether oxygens (including phenoxy) is 1. The third kappa shape index (κ3) is 3.11. The number of hydrazone groups is 1. The molecule has 4 rings (SSSR count). The smallest absolute Gasteiger partial charge is 0.147 e. The summed E-state index contributed by atoms with van der Waals surface area (Å²) >= 11 is 0. The molecule has 1 aromatic heterocycles. The SMILES string of the molecule is CN1N=C(c2ccc(N3CCOCC3)c(F)c2)CC1c1cnn(C)c1. The lowest BCUT2D eigenvalue weighted by molar-refractivity contribution is 0.122. The van der Waals surface area contributed by atoms with Crippen molar-refractivity contribution in [1.29, 1.82) is 0 Å². The maximum Gasteiger partial charge on any atom is 0.147 e. The molecule has 132 valence electrons. The number of hydrogen-bond donors (Lipinski definition) is 0. The van der Waals surface area contributed by atoms with Crippen LogP contribution in [0.2, 0.25) is 0 Å². The van der Waals surface area contributed by atoms with Crippen LogP contribution in [0.15, 0.2) is 35.7 Å². The maximum atomic E-state index is 14.6. The van der Waals surface area contributed by atoms with Crippen LogP contribution in [0.4, 0.5) is 10.1 Å². The summed E-state index contributed by atoms with van der Waals surface area (Å²) in [7, 11) is 3.85. The minimum absolute atomic E-state index is 0.144. The number of nitrogens with zero attached hydrogens (tertiary/aromatic N) is 5. The van der Waals surface area contributed by atoms with E-state index in [-0.39, 0.29) is 11.9 Å². The predicted octanol–water partition coefficient (Wildman–Crippen LogP) is 2.18. The molecule has 0 spiro atoms. The summed E-state index contributed by atoms with van der Waals surface area (Å²) < 4.78 is 21.8. The molecule has 1 aromatic carbocycles. The molecular weight excluding hydrogens is 321 g/mol. The zero-order valence-corrected chi connectivity index (χ0v) is 14.5. The fraction of sp³-hybridized carbons (Fsp3) is 0.444. The lowest BCUT2D eigenvalue weighted by Crippen LogP contribution is -2.36. The lowest BCUT2D eigenvalue weighted by atomic mass is 10.0. The largest absolute Gasteiger partial charge is 0.378 e. The number of benzene rings is 1. The predicted molar refractivity (Wildman–Crippen MR) is 94.3 cm³/mol. The Balaban J connectivity index is 1.54. The second kappa shape index (κ2) is 6.48. The number of aromatic nitrogens is 2. The molecule has 2 aromatic rings. The number of halogens is 1. The first kappa shape index (κ1) is 16.1. The van der Waals surface area contributed by atoms with Gasteiger partial charge in [-0.1, -0.05) is 6.07 Å². The molecule has 0 amide bonds. The van der Waals surface area contributed by atoms with Crippen molar-refractivity contribution in [1.82, 2.24) is 14.8 Å². The van der Waals surface area contributed by atoms with Crippen LogP contribution in [0.25, 0.3) is 0 Å². The van der Waals surface area contributed by atoms with Crippen LogP contribution in [-0.4, -0.2) is 53.9 Å². The highest BCUT2D eigenvalue weighted by Gasteiger charge is 2.27. The van der Waals surface area contributed by atoms with E-state index < -0.39 is 0 Å². The number of morpholine rings is 1. The van der Waals surface area contributed by atoms with Crippen molar-refractivity contribution < 1.29 is 9.13 Å². The Bertz CT molecular complexity index is 797. The maximum absolute atomic E-state index is 14.6. The van der Waals surface area contributed by atoms with Crippen molar-refractivity contribution >= 4 is 11.4 Å². The summed E-state index contributed by atoms with van der Waals surface area (Å²) in [5.74, 6) is -0.199. The number of rotatable bonds is 3. The van der Waals surface area contributed by atoms with Crippen LogP contribution in [0.1, 0.15) is 23.6 Å². The van der Waals surface area contributed by atoms with Gasteiger partial charge >= 0.3 is 0 Å². The van der Waals surface area contributed by atoms with Gasteiger partial charge in [0.05, 0.1) is 36.9 Å². The molecule has 1 atom stereocenters. The van der Waals surface area contributed by atoms with Crippen LogP contribution in [-0.2, 0) is 11.8 Å². The van der Waals surface area contributed by atoms with Crippen LogP contribution >= 0.6 is 0 Å². The minimum atomic E-state index is -0.199. The van der Waals surface area contributed by atoms with Crippen molar-refractivity contribution in [2.45, 2.75) is 12.5 Å². The highest BCUT2D eigenvalue weighted by Crippen LogP contribution is 2.32. The summed E-state index contributed by atoms with van der Waals surface area (Å²) in [4.78, 5) is 2.03. The van der Waals surface area contributed by atoms with Gasteiger partial charge in [0.25, 0.3) is 0 Å². The van der Waals surface area contributed by atoms with E-state index in [9.17, 15) is 4.39 Å². The highest BCUT2D eigenvalue weighted by atomic mass is 19.1. The topological polar surface area (TPSA) is 45.9 Å². The Morgan fingerprint density at radius 1 is 1.20 bits per heavy atom. The van der Waals surface area contributed by atoms with Gasteiger partial charge in [0.15, 0.2) is 0 Å². The van der Waals surface area contributed by atoms with Gasteiger partial charge in [-0.3, -0.25) is 9.69 Å². The molecule has 25 heavy (non-hydrogen) atoms. The Kier molecular flexibility index (Phi) is 4.17. The fourth-order valence-electron chi connectivity index (χ4n) is 3.48. The summed E-state index contributed by atoms with van der Waals surface area (Å²) in [6, 6.07) is 5.57. The summed E-state index contributed by atoms with van der Waals surface area (Å²) in [5.41, 5.74) is 3.51. The molecule has 0 saturated carbocycles. The van der Waals surface area contributed by atoms with Gasteiger partial charge in [0.1, 0.15) is 5.82 Å². The number of aryl methyl sites for hydroxylation is 1. The van der Waals surface area contributed by atoms with Gasteiger partial charge in [-0.25, -0.2) is 4.39 Å². The van der Waals surface area contributed by atoms with Gasteiger partial charge in [0, 0.05) is 50.9 Å². The van der Waals surface area contributed by atoms with E-state index in [1.807, 2.05) is 48.5 Å². The standard InChI is InChI=1S/C18H22FN5O/c1-22-12-14(11-20-22)18-10-16(21-23(18)2)13-3-4-17(15(19)9-13)24-5-7-25-8-6-24/h3-4,9,11-12,18H,5-8,10H2,1-2H3. The van der Waals surface area contributed by atoms with E-state index >= 15 is 0 Å². The molecule has 0 aliphatic carbocycles. The molecule has 7 heteroatoms. The van der Waals surface area contributed by atoms with E-state index in [0.29, 0.717) is 18.9 Å². The third-order valence-corrected chi connectivity index (χ3v) is 4.86. The second-order valence-electron chi connectivity index (χ2n) is 6.55. The summed E-state index contributed by atoms with van der Waals surface area (Å²) in [5, 5.41) is 10.8. The van der Waals surface area contributed by atoms with Crippen molar-refractivity contribution in [3.63, 3.8) is 0 Å². The normalized spacial score (nSPS) is 20.9. The molecule has 0 N–H and O–H groups in total. The Labute approximate surface area is 146 Å². The van der Waals surface area contributed by atoms with Gasteiger partial charge < -0.3 is 9.64 Å². The van der Waals surface area contributed by atoms with E-state index in [1.54, 1.807) is 10.7 Å². The highest BCUT2D eigenvalue weighted by molar-refractivity contribution is 6.02. The first-order valence-electron chi connectivity index (χ1n) is 8.53. The van der Waals surface area contributed by atoms with E-state index in [2.05, 4.69) is 10.2 Å². The Hall–Kier alpha value is -2.41. The van der Waals surface area contributed by atoms with E-state index in [1.165, 1.54) is 0 Å². The molecule has 1 saturated heterocycles. The van der Waals surface area contributed by atoms with Crippen LogP contribution in [0.3, 0.4) is 0 Å². The van der Waals surface area contributed by atoms with Crippen LogP contribution in [0, 0.1) is 5.82 Å². The number of anilines is 1. The Morgan fingerprint density at radius 2 is 2.00 bits per heavy atom. The van der Waals surface area contributed by atoms with Gasteiger partial charge in [0.2, 0.25) is 0 Å². The van der Waals surface area contributed by atoms with Crippen molar-refractivity contribution in [3.05, 3.63) is 47.5 Å². The Morgan fingerprint density at radius 3 is 2.68 bits per heavy atom. The monoisotopic (exact) mass is 343 g/mol. The second-order valence-corrected chi connectivity index (χ2v) is 6.55. The van der Waals surface area contributed by atoms with E-state index in [4.69, 9.17) is 4.74 Å². The molecule has 0 radical (unpaired) electrons. The van der Waals surface area contributed by atoms with Gasteiger partial charge in [-0.05, 0) is 12.1 Å².